The molecule has 2 aliphatic rings. The zero-order chi connectivity index (χ0) is 8.60. The zero-order valence-corrected chi connectivity index (χ0v) is 10.8. The van der Waals surface area contributed by atoms with Gasteiger partial charge in [0.05, 0.1) is 0 Å². The number of nitrogens with one attached hydrogen (secondary N) is 2. The molecule has 6 heteroatoms. The van der Waals surface area contributed by atoms with Crippen molar-refractivity contribution in [2.45, 2.75) is 18.4 Å². The van der Waals surface area contributed by atoms with Gasteiger partial charge in [-0.1, -0.05) is 0 Å². The Morgan fingerprint density at radius 2 is 1.85 bits per heavy atom. The fourth-order valence-corrected chi connectivity index (χ4v) is 1.66. The summed E-state index contributed by atoms with van der Waals surface area (Å²) >= 11 is 0. The third-order valence-corrected chi connectivity index (χ3v) is 2.41. The van der Waals surface area contributed by atoms with Gasteiger partial charge < -0.3 is 10.6 Å². The Morgan fingerprint density at radius 3 is 2.31 bits per heavy atom. The monoisotopic (exact) mass is 307 g/mol. The first kappa shape index (κ1) is 11.2. The number of piperidine rings is 1. The van der Waals surface area contributed by atoms with Crippen molar-refractivity contribution in [2.75, 3.05) is 13.1 Å². The van der Waals surface area contributed by atoms with Crippen molar-refractivity contribution in [1.82, 2.24) is 10.6 Å². The van der Waals surface area contributed by atoms with Crippen LogP contribution >= 0.6 is 0 Å². The SMILES string of the molecule is O=C1NC(=O)C2(CC[N-]CC2)N1.[La]. The summed E-state index contributed by atoms with van der Waals surface area (Å²) in [6.07, 6.45) is 1.26. The molecule has 2 aliphatic heterocycles. The number of imide groups is 1. The van der Waals surface area contributed by atoms with E-state index >= 15 is 0 Å². The van der Waals surface area contributed by atoms with Crippen LogP contribution in [0, 0.1) is 35.6 Å². The summed E-state index contributed by atoms with van der Waals surface area (Å²) < 4.78 is 0. The molecule has 1 radical (unpaired) electrons. The quantitative estimate of drug-likeness (QED) is 0.605. The third-order valence-electron chi connectivity index (χ3n) is 2.41. The maximum absolute atomic E-state index is 11.3. The number of carbonyl (C=O) groups is 2. The van der Waals surface area contributed by atoms with Crippen LogP contribution in [0.3, 0.4) is 0 Å². The van der Waals surface area contributed by atoms with Gasteiger partial charge in [-0.2, -0.15) is 0 Å². The van der Waals surface area contributed by atoms with Gasteiger partial charge in [0, 0.05) is 35.6 Å². The molecule has 1 spiro atoms. The average molecular weight is 307 g/mol. The number of hydrogen-bond donors (Lipinski definition) is 2. The predicted molar refractivity (Wildman–Crippen MR) is 41.7 cm³/mol. The van der Waals surface area contributed by atoms with Crippen LogP contribution in [0.25, 0.3) is 5.32 Å². The van der Waals surface area contributed by atoms with Crippen LogP contribution in [0.4, 0.5) is 4.79 Å². The second-order valence-corrected chi connectivity index (χ2v) is 3.16. The van der Waals surface area contributed by atoms with Gasteiger partial charge in [-0.25, -0.2) is 4.79 Å². The molecule has 3 amide bonds. The number of nitrogens with zero attached hydrogens (tertiary/aromatic N) is 1. The summed E-state index contributed by atoms with van der Waals surface area (Å²) in [6.45, 7) is 1.32. The first-order valence-electron chi connectivity index (χ1n) is 4.00. The van der Waals surface area contributed by atoms with E-state index in [2.05, 4.69) is 16.0 Å². The van der Waals surface area contributed by atoms with E-state index in [1.165, 1.54) is 0 Å². The predicted octanol–water partition coefficient (Wildman–Crippen LogP) is -0.268. The van der Waals surface area contributed by atoms with Crippen molar-refractivity contribution in [1.29, 1.82) is 0 Å². The van der Waals surface area contributed by atoms with Gasteiger partial charge in [-0.15, -0.1) is 13.1 Å². The number of rotatable bonds is 0. The van der Waals surface area contributed by atoms with Crippen LogP contribution in [0.5, 0.6) is 0 Å². The van der Waals surface area contributed by atoms with E-state index in [1.807, 2.05) is 0 Å². The number of carbonyl (C=O) groups excluding carboxylic acids is 2. The third kappa shape index (κ3) is 1.96. The fraction of sp³-hybridized carbons (Fsp3) is 0.714. The summed E-state index contributed by atoms with van der Waals surface area (Å²) in [4.78, 5) is 22.2. The molecule has 2 saturated heterocycles. The van der Waals surface area contributed by atoms with Gasteiger partial charge in [-0.05, 0) is 12.8 Å². The van der Waals surface area contributed by atoms with Gasteiger partial charge in [-0.3, -0.25) is 10.1 Å². The average Bonchev–Trinajstić information content (AvgIpc) is 2.29. The van der Waals surface area contributed by atoms with E-state index in [0.717, 1.165) is 0 Å². The van der Waals surface area contributed by atoms with Gasteiger partial charge in [0.15, 0.2) is 0 Å². The smallest absolute Gasteiger partial charge is 0.322 e. The van der Waals surface area contributed by atoms with E-state index in [4.69, 9.17) is 0 Å². The van der Waals surface area contributed by atoms with Crippen LogP contribution < -0.4 is 10.6 Å². The fourth-order valence-electron chi connectivity index (χ4n) is 1.66. The second kappa shape index (κ2) is 4.08. The Hall–Kier alpha value is 0.0948. The minimum atomic E-state index is -0.640. The molecule has 2 heterocycles. The first-order valence-corrected chi connectivity index (χ1v) is 4.00. The minimum absolute atomic E-state index is 0. The zero-order valence-electron chi connectivity index (χ0n) is 7.17. The molecular weight excluding hydrogens is 297 g/mol. The Balaban J connectivity index is 0.000000845. The van der Waals surface area contributed by atoms with Crippen LogP contribution in [0.15, 0.2) is 0 Å². The molecule has 0 unspecified atom stereocenters. The van der Waals surface area contributed by atoms with Crippen molar-refractivity contribution in [3.63, 3.8) is 0 Å². The van der Waals surface area contributed by atoms with Gasteiger partial charge >= 0.3 is 6.03 Å². The molecule has 2 rings (SSSR count). The van der Waals surface area contributed by atoms with E-state index in [0.29, 0.717) is 25.9 Å². The molecule has 2 fully saturated rings. The summed E-state index contributed by atoms with van der Waals surface area (Å²) in [5.74, 6) is -0.192. The van der Waals surface area contributed by atoms with Gasteiger partial charge in [0.2, 0.25) is 0 Å². The number of amides is 3. The summed E-state index contributed by atoms with van der Waals surface area (Å²) in [6, 6.07) is -0.373. The molecule has 0 bridgehead atoms. The molecule has 0 aromatic carbocycles. The Labute approximate surface area is 104 Å². The topological polar surface area (TPSA) is 72.3 Å². The van der Waals surface area contributed by atoms with Crippen LogP contribution in [-0.2, 0) is 4.79 Å². The molecule has 13 heavy (non-hydrogen) atoms. The molecule has 0 aromatic heterocycles. The van der Waals surface area contributed by atoms with Gasteiger partial charge in [0.1, 0.15) is 5.54 Å². The van der Waals surface area contributed by atoms with Crippen LogP contribution in [-0.4, -0.2) is 30.6 Å². The van der Waals surface area contributed by atoms with E-state index in [-0.39, 0.29) is 47.5 Å². The van der Waals surface area contributed by atoms with Crippen molar-refractivity contribution in [3.05, 3.63) is 5.32 Å². The second-order valence-electron chi connectivity index (χ2n) is 3.16. The normalized spacial score (nSPS) is 24.9. The van der Waals surface area contributed by atoms with Crippen molar-refractivity contribution in [3.8, 4) is 0 Å². The van der Waals surface area contributed by atoms with Crippen molar-refractivity contribution >= 4 is 11.9 Å². The molecular formula is C7H10LaN3O2-. The maximum atomic E-state index is 11.3. The summed E-state index contributed by atoms with van der Waals surface area (Å²) in [5, 5.41) is 9.03. The molecule has 0 aliphatic carbocycles. The van der Waals surface area contributed by atoms with Crippen molar-refractivity contribution in [2.24, 2.45) is 0 Å². The molecule has 69 valence electrons. The molecule has 0 aromatic rings. The number of hydrogen-bond acceptors (Lipinski definition) is 2. The van der Waals surface area contributed by atoms with E-state index in [9.17, 15) is 9.59 Å². The number of urea groups is 1. The Morgan fingerprint density at radius 1 is 1.23 bits per heavy atom. The van der Waals surface area contributed by atoms with Gasteiger partial charge in [0.25, 0.3) is 5.91 Å². The Bertz CT molecular complexity index is 238. The standard InChI is InChI=1S/C7H10N3O2.La/c11-5-7(10-6(12)9-5)1-3-8-4-2-7;/h1-4H2,(H2,9,10,11,12);/q-1;. The molecule has 2 N–H and O–H groups in total. The maximum Gasteiger partial charge on any atom is 0.322 e. The van der Waals surface area contributed by atoms with E-state index in [1.54, 1.807) is 0 Å². The largest absolute Gasteiger partial charge is 0.662 e. The van der Waals surface area contributed by atoms with E-state index < -0.39 is 5.54 Å². The first-order chi connectivity index (χ1) is 5.73. The van der Waals surface area contributed by atoms with Crippen molar-refractivity contribution < 1.29 is 45.2 Å². The molecule has 0 atom stereocenters. The summed E-state index contributed by atoms with van der Waals surface area (Å²) in [5.41, 5.74) is -0.640. The minimum Gasteiger partial charge on any atom is -0.662 e. The molecule has 0 saturated carbocycles. The van der Waals surface area contributed by atoms with Crippen LogP contribution in [0.1, 0.15) is 12.8 Å². The van der Waals surface area contributed by atoms with Crippen LogP contribution in [0.2, 0.25) is 0 Å². The summed E-state index contributed by atoms with van der Waals surface area (Å²) in [7, 11) is 0. The molecule has 5 nitrogen and oxygen atoms in total. The Kier molecular flexibility index (Phi) is 3.51.